The number of hydrogen-bond donors (Lipinski definition) is 1. The fourth-order valence-corrected chi connectivity index (χ4v) is 2.03. The Balaban J connectivity index is 2.28. The molecule has 1 N–H and O–H groups in total. The molecule has 2 rings (SSSR count). The Kier molecular flexibility index (Phi) is 3.93. The van der Waals surface area contributed by atoms with Crippen LogP contribution in [0, 0.1) is 0 Å². The van der Waals surface area contributed by atoms with Gasteiger partial charge in [0.25, 0.3) is 0 Å². The van der Waals surface area contributed by atoms with Crippen molar-refractivity contribution >= 4 is 22.5 Å². The fraction of sp³-hybridized carbons (Fsp3) is 0.500. The number of fused-ring (bicyclic) bond motifs is 1. The molecule has 0 aliphatic carbocycles. The number of nitrogens with zero attached hydrogens (tertiary/aromatic N) is 2. The molecule has 1 heterocycles. The Morgan fingerprint density at radius 3 is 2.72 bits per heavy atom. The van der Waals surface area contributed by atoms with Crippen molar-refractivity contribution in [2.75, 3.05) is 5.88 Å². The smallest absolute Gasteiger partial charge is 0.0841 e. The fourth-order valence-electron chi connectivity index (χ4n) is 1.94. The van der Waals surface area contributed by atoms with Crippen LogP contribution in [0.4, 0.5) is 0 Å². The van der Waals surface area contributed by atoms with Crippen molar-refractivity contribution in [2.24, 2.45) is 0 Å². The second kappa shape index (κ2) is 5.29. The van der Waals surface area contributed by atoms with Crippen LogP contribution in [-0.4, -0.2) is 21.2 Å². The highest BCUT2D eigenvalue weighted by molar-refractivity contribution is 6.18. The number of aromatic nitrogens is 2. The van der Waals surface area contributed by atoms with Gasteiger partial charge in [-0.2, -0.15) is 5.10 Å². The molecule has 3 nitrogen and oxygen atoms in total. The van der Waals surface area contributed by atoms with Crippen LogP contribution in [-0.2, 0) is 13.1 Å². The Morgan fingerprint density at radius 1 is 1.33 bits per heavy atom. The lowest BCUT2D eigenvalue weighted by molar-refractivity contribution is 0.425. The monoisotopic (exact) mass is 265 g/mol. The van der Waals surface area contributed by atoms with E-state index in [1.54, 1.807) is 0 Å². The normalized spacial score (nSPS) is 12.2. The molecule has 0 fully saturated rings. The average molecular weight is 266 g/mol. The van der Waals surface area contributed by atoms with Gasteiger partial charge in [-0.3, -0.25) is 4.68 Å². The van der Waals surface area contributed by atoms with Crippen molar-refractivity contribution in [3.05, 3.63) is 30.0 Å². The van der Waals surface area contributed by atoms with Crippen molar-refractivity contribution in [1.82, 2.24) is 15.1 Å². The van der Waals surface area contributed by atoms with E-state index in [4.69, 9.17) is 11.6 Å². The molecule has 98 valence electrons. The number of alkyl halides is 1. The third kappa shape index (κ3) is 2.68. The van der Waals surface area contributed by atoms with Gasteiger partial charge < -0.3 is 5.32 Å². The molecular formula is C14H20ClN3. The number of halogens is 1. The predicted octanol–water partition coefficient (Wildman–Crippen LogP) is 3.16. The number of rotatable bonds is 5. The summed E-state index contributed by atoms with van der Waals surface area (Å²) in [6.07, 6.45) is 0. The van der Waals surface area contributed by atoms with Crippen molar-refractivity contribution in [1.29, 1.82) is 0 Å². The molecule has 1 aromatic carbocycles. The van der Waals surface area contributed by atoms with E-state index in [-0.39, 0.29) is 5.54 Å². The van der Waals surface area contributed by atoms with E-state index in [1.807, 2.05) is 4.68 Å². The second-order valence-electron chi connectivity index (χ2n) is 5.15. The van der Waals surface area contributed by atoms with Crippen LogP contribution >= 0.6 is 11.6 Å². The predicted molar refractivity (Wildman–Crippen MR) is 77.0 cm³/mol. The summed E-state index contributed by atoms with van der Waals surface area (Å²) in [6, 6.07) is 8.34. The highest BCUT2D eigenvalue weighted by atomic mass is 35.5. The lowest BCUT2D eigenvalue weighted by Crippen LogP contribution is -2.40. The number of benzene rings is 1. The van der Waals surface area contributed by atoms with E-state index in [0.29, 0.717) is 5.88 Å². The summed E-state index contributed by atoms with van der Waals surface area (Å²) in [5.74, 6) is 0.583. The molecule has 0 saturated heterocycles. The summed E-state index contributed by atoms with van der Waals surface area (Å²) in [5.41, 5.74) is 2.21. The van der Waals surface area contributed by atoms with Gasteiger partial charge in [-0.15, -0.1) is 11.6 Å². The molecule has 0 bridgehead atoms. The average Bonchev–Trinajstić information content (AvgIpc) is 2.75. The van der Waals surface area contributed by atoms with E-state index >= 15 is 0 Å². The first-order chi connectivity index (χ1) is 8.57. The second-order valence-corrected chi connectivity index (χ2v) is 5.42. The zero-order valence-corrected chi connectivity index (χ0v) is 12.0. The van der Waals surface area contributed by atoms with Gasteiger partial charge in [0.15, 0.2) is 0 Å². The Bertz CT molecular complexity index is 531. The summed E-state index contributed by atoms with van der Waals surface area (Å²) in [6.45, 7) is 7.93. The Labute approximate surface area is 113 Å². The number of nitrogens with one attached hydrogen (secondary N) is 1. The first-order valence-electron chi connectivity index (χ1n) is 6.33. The summed E-state index contributed by atoms with van der Waals surface area (Å²) < 4.78 is 2.04. The molecule has 0 unspecified atom stereocenters. The van der Waals surface area contributed by atoms with Crippen LogP contribution in [0.5, 0.6) is 0 Å². The maximum absolute atomic E-state index is 5.92. The number of hydrogen-bond acceptors (Lipinski definition) is 2. The molecule has 18 heavy (non-hydrogen) atoms. The first kappa shape index (κ1) is 13.4. The molecule has 1 aromatic heterocycles. The highest BCUT2D eigenvalue weighted by Crippen LogP contribution is 2.19. The third-order valence-corrected chi connectivity index (χ3v) is 3.77. The summed E-state index contributed by atoms with van der Waals surface area (Å²) in [7, 11) is 0. The van der Waals surface area contributed by atoms with Gasteiger partial charge in [0.05, 0.1) is 11.2 Å². The lowest BCUT2D eigenvalue weighted by Gasteiger charge is -2.22. The van der Waals surface area contributed by atoms with Gasteiger partial charge in [0.2, 0.25) is 0 Å². The molecule has 4 heteroatoms. The maximum Gasteiger partial charge on any atom is 0.0841 e. The first-order valence-corrected chi connectivity index (χ1v) is 6.86. The molecule has 0 aliphatic rings. The molecule has 0 radical (unpaired) electrons. The summed E-state index contributed by atoms with van der Waals surface area (Å²) >= 11 is 5.92. The standard InChI is InChI=1S/C14H20ClN3/c1-4-18-13-8-6-5-7-11(13)12(17-18)9-16-14(2,3)10-15/h5-8,16H,4,9-10H2,1-3H3. The van der Waals surface area contributed by atoms with E-state index in [0.717, 1.165) is 18.8 Å². The highest BCUT2D eigenvalue weighted by Gasteiger charge is 2.17. The SMILES string of the molecule is CCn1nc(CNC(C)(C)CCl)c2ccccc21. The van der Waals surface area contributed by atoms with Crippen molar-refractivity contribution in [3.8, 4) is 0 Å². The number of aryl methyl sites for hydroxylation is 1. The Hall–Kier alpha value is -1.06. The quantitative estimate of drug-likeness (QED) is 0.842. The molecule has 0 aliphatic heterocycles. The van der Waals surface area contributed by atoms with E-state index in [1.165, 1.54) is 10.9 Å². The molecular weight excluding hydrogens is 246 g/mol. The largest absolute Gasteiger partial charge is 0.305 e. The molecule has 0 saturated carbocycles. The van der Waals surface area contributed by atoms with Gasteiger partial charge >= 0.3 is 0 Å². The summed E-state index contributed by atoms with van der Waals surface area (Å²) in [5, 5.41) is 9.32. The molecule has 2 aromatic rings. The van der Waals surface area contributed by atoms with Crippen molar-refractivity contribution in [3.63, 3.8) is 0 Å². The van der Waals surface area contributed by atoms with Crippen LogP contribution in [0.2, 0.25) is 0 Å². The third-order valence-electron chi connectivity index (χ3n) is 3.10. The minimum Gasteiger partial charge on any atom is -0.305 e. The molecule has 0 amide bonds. The van der Waals surface area contributed by atoms with Crippen molar-refractivity contribution < 1.29 is 0 Å². The van der Waals surface area contributed by atoms with Gasteiger partial charge in [-0.05, 0) is 26.8 Å². The molecule has 0 spiro atoms. The van der Waals surface area contributed by atoms with E-state index in [2.05, 4.69) is 55.5 Å². The molecule has 0 atom stereocenters. The lowest BCUT2D eigenvalue weighted by atomic mass is 10.1. The minimum absolute atomic E-state index is 0.0708. The van der Waals surface area contributed by atoms with E-state index in [9.17, 15) is 0 Å². The summed E-state index contributed by atoms with van der Waals surface area (Å²) in [4.78, 5) is 0. The van der Waals surface area contributed by atoms with Crippen LogP contribution in [0.25, 0.3) is 10.9 Å². The van der Waals surface area contributed by atoms with E-state index < -0.39 is 0 Å². The topological polar surface area (TPSA) is 29.9 Å². The minimum atomic E-state index is -0.0708. The zero-order valence-electron chi connectivity index (χ0n) is 11.2. The van der Waals surface area contributed by atoms with Gasteiger partial charge in [-0.25, -0.2) is 0 Å². The van der Waals surface area contributed by atoms with Crippen LogP contribution in [0.15, 0.2) is 24.3 Å². The Morgan fingerprint density at radius 2 is 2.06 bits per heavy atom. The van der Waals surface area contributed by atoms with Crippen molar-refractivity contribution in [2.45, 2.75) is 39.4 Å². The number of para-hydroxylation sites is 1. The van der Waals surface area contributed by atoms with Gasteiger partial charge in [-0.1, -0.05) is 18.2 Å². The zero-order chi connectivity index (χ0) is 13.2. The van der Waals surface area contributed by atoms with Gasteiger partial charge in [0.1, 0.15) is 0 Å². The van der Waals surface area contributed by atoms with Crippen LogP contribution < -0.4 is 5.32 Å². The maximum atomic E-state index is 5.92. The van der Waals surface area contributed by atoms with Crippen LogP contribution in [0.3, 0.4) is 0 Å². The van der Waals surface area contributed by atoms with Gasteiger partial charge in [0, 0.05) is 29.9 Å². The van der Waals surface area contributed by atoms with Crippen LogP contribution in [0.1, 0.15) is 26.5 Å².